The Bertz CT molecular complexity index is 1500. The molecule has 0 fully saturated rings. The molecule has 0 bridgehead atoms. The third-order valence-corrected chi connectivity index (χ3v) is 6.81. The number of nitrogens with one attached hydrogen (secondary N) is 1. The molecule has 174 valence electrons. The number of aromatic nitrogens is 2. The molecule has 0 saturated heterocycles. The number of aryl methyl sites for hydroxylation is 1. The van der Waals surface area contributed by atoms with E-state index in [1.165, 1.54) is 6.07 Å². The van der Waals surface area contributed by atoms with E-state index in [2.05, 4.69) is 16.4 Å². The van der Waals surface area contributed by atoms with Gasteiger partial charge in [0.2, 0.25) is 0 Å². The minimum atomic E-state index is -3.42. The Kier molecular flexibility index (Phi) is 6.34. The van der Waals surface area contributed by atoms with Gasteiger partial charge < -0.3 is 10.2 Å². The number of sulfone groups is 1. The zero-order valence-corrected chi connectivity index (χ0v) is 20.3. The lowest BCUT2D eigenvalue weighted by molar-refractivity contribution is 0.0950. The van der Waals surface area contributed by atoms with E-state index in [9.17, 15) is 13.2 Å². The molecule has 34 heavy (non-hydrogen) atoms. The van der Waals surface area contributed by atoms with Gasteiger partial charge in [-0.15, -0.1) is 0 Å². The van der Waals surface area contributed by atoms with Gasteiger partial charge in [-0.25, -0.2) is 13.4 Å². The molecular weight excluding hydrogens is 448 g/mol. The molecule has 1 N–H and O–H groups in total. The van der Waals surface area contributed by atoms with Gasteiger partial charge in [-0.1, -0.05) is 18.2 Å². The van der Waals surface area contributed by atoms with E-state index in [1.54, 1.807) is 25.3 Å². The number of carbonyl (C=O) groups is 1. The lowest BCUT2D eigenvalue weighted by atomic mass is 10.1. The van der Waals surface area contributed by atoms with E-state index >= 15 is 0 Å². The van der Waals surface area contributed by atoms with Crippen LogP contribution in [-0.4, -0.2) is 44.6 Å². The number of amides is 1. The third-order valence-electron chi connectivity index (χ3n) is 5.57. The number of rotatable bonds is 6. The van der Waals surface area contributed by atoms with Gasteiger partial charge in [0.1, 0.15) is 0 Å². The summed E-state index contributed by atoms with van der Waals surface area (Å²) in [5.41, 5.74) is 5.28. The summed E-state index contributed by atoms with van der Waals surface area (Å²) in [6.45, 7) is 1.90. The maximum Gasteiger partial charge on any atom is 0.251 e. The molecule has 0 unspecified atom stereocenters. The van der Waals surface area contributed by atoms with Gasteiger partial charge in [-0.05, 0) is 55.0 Å². The van der Waals surface area contributed by atoms with Crippen LogP contribution in [0.1, 0.15) is 21.6 Å². The average molecular weight is 475 g/mol. The number of benzene rings is 2. The lowest BCUT2D eigenvalue weighted by Crippen LogP contribution is -2.23. The highest BCUT2D eigenvalue weighted by Gasteiger charge is 2.15. The minimum Gasteiger partial charge on any atom is -0.378 e. The molecule has 0 atom stereocenters. The summed E-state index contributed by atoms with van der Waals surface area (Å²) >= 11 is 0. The van der Waals surface area contributed by atoms with Gasteiger partial charge >= 0.3 is 0 Å². The number of carbonyl (C=O) groups excluding carboxylic acids is 1. The number of hydrogen-bond donors (Lipinski definition) is 1. The van der Waals surface area contributed by atoms with Crippen LogP contribution in [0.25, 0.3) is 22.2 Å². The molecule has 0 aliphatic carbocycles. The topological polar surface area (TPSA) is 92.3 Å². The van der Waals surface area contributed by atoms with Crippen molar-refractivity contribution in [3.05, 3.63) is 83.7 Å². The van der Waals surface area contributed by atoms with Gasteiger partial charge in [-0.2, -0.15) is 0 Å². The Hall–Kier alpha value is -3.78. The molecule has 0 aliphatic rings. The van der Waals surface area contributed by atoms with Crippen LogP contribution in [0.2, 0.25) is 0 Å². The molecule has 7 nitrogen and oxygen atoms in total. The molecule has 8 heteroatoms. The van der Waals surface area contributed by atoms with E-state index in [-0.39, 0.29) is 22.9 Å². The van der Waals surface area contributed by atoms with Crippen LogP contribution >= 0.6 is 0 Å². The van der Waals surface area contributed by atoms with E-state index < -0.39 is 9.84 Å². The van der Waals surface area contributed by atoms with Gasteiger partial charge in [0.15, 0.2) is 9.84 Å². The maximum absolute atomic E-state index is 12.6. The predicted molar refractivity (Wildman–Crippen MR) is 135 cm³/mol. The van der Waals surface area contributed by atoms with Gasteiger partial charge in [0.05, 0.1) is 28.3 Å². The van der Waals surface area contributed by atoms with Crippen molar-refractivity contribution in [3.63, 3.8) is 0 Å². The number of anilines is 1. The van der Waals surface area contributed by atoms with Crippen molar-refractivity contribution in [2.75, 3.05) is 25.3 Å². The SMILES string of the molecule is Cc1ccc(C(=O)NCc2cc3nc(-c4cccc(N(C)C)c4)ccc3cn2)cc1S(C)(=O)=O. The first-order valence-corrected chi connectivity index (χ1v) is 12.6. The monoisotopic (exact) mass is 474 g/mol. The van der Waals surface area contributed by atoms with Gasteiger partial charge in [-0.3, -0.25) is 9.78 Å². The number of nitrogens with zero attached hydrogens (tertiary/aromatic N) is 3. The summed E-state index contributed by atoms with van der Waals surface area (Å²) in [6, 6.07) is 18.6. The second-order valence-corrected chi connectivity index (χ2v) is 10.4. The standard InChI is InChI=1S/C26H26N4O3S/c1-17-8-9-19(13-25(17)34(4,32)33)26(31)28-16-21-14-24-20(15-27-21)10-11-23(29-24)18-6-5-7-22(12-18)30(2)3/h5-15H,16H2,1-4H3,(H,28,31). The Balaban J connectivity index is 1.55. The van der Waals surface area contributed by atoms with Crippen LogP contribution in [0.5, 0.6) is 0 Å². The zero-order valence-electron chi connectivity index (χ0n) is 19.5. The zero-order chi connectivity index (χ0) is 24.5. The van der Waals surface area contributed by atoms with Crippen LogP contribution in [-0.2, 0) is 16.4 Å². The largest absolute Gasteiger partial charge is 0.378 e. The number of pyridine rings is 2. The maximum atomic E-state index is 12.6. The van der Waals surface area contributed by atoms with Crippen molar-refractivity contribution >= 4 is 32.3 Å². The van der Waals surface area contributed by atoms with Crippen LogP contribution in [0.3, 0.4) is 0 Å². The fourth-order valence-electron chi connectivity index (χ4n) is 3.67. The highest BCUT2D eigenvalue weighted by atomic mass is 32.2. The molecule has 0 saturated carbocycles. The predicted octanol–water partition coefficient (Wildman–Crippen LogP) is 4.00. The van der Waals surface area contributed by atoms with Crippen molar-refractivity contribution in [1.82, 2.24) is 15.3 Å². The molecule has 2 aromatic carbocycles. The first-order chi connectivity index (χ1) is 16.1. The van der Waals surface area contributed by atoms with Crippen molar-refractivity contribution in [2.24, 2.45) is 0 Å². The molecule has 0 spiro atoms. The van der Waals surface area contributed by atoms with Crippen LogP contribution < -0.4 is 10.2 Å². The molecule has 4 aromatic rings. The average Bonchev–Trinajstić information content (AvgIpc) is 2.81. The Morgan fingerprint density at radius 3 is 2.56 bits per heavy atom. The number of fused-ring (bicyclic) bond motifs is 1. The van der Waals surface area contributed by atoms with Crippen molar-refractivity contribution in [1.29, 1.82) is 0 Å². The summed E-state index contributed by atoms with van der Waals surface area (Å²) in [6.07, 6.45) is 2.87. The van der Waals surface area contributed by atoms with Crippen molar-refractivity contribution in [2.45, 2.75) is 18.4 Å². The molecule has 4 rings (SSSR count). The lowest BCUT2D eigenvalue weighted by Gasteiger charge is -2.13. The molecule has 2 aromatic heterocycles. The van der Waals surface area contributed by atoms with Crippen LogP contribution in [0.15, 0.2) is 71.8 Å². The summed E-state index contributed by atoms with van der Waals surface area (Å²) in [7, 11) is 0.577. The molecule has 1 amide bonds. The van der Waals surface area contributed by atoms with E-state index in [4.69, 9.17) is 4.98 Å². The second kappa shape index (κ2) is 9.23. The highest BCUT2D eigenvalue weighted by Crippen LogP contribution is 2.25. The molecule has 2 heterocycles. The third kappa shape index (κ3) is 5.07. The molecule has 0 radical (unpaired) electrons. The van der Waals surface area contributed by atoms with Crippen molar-refractivity contribution in [3.8, 4) is 11.3 Å². The first kappa shape index (κ1) is 23.4. The minimum absolute atomic E-state index is 0.152. The summed E-state index contributed by atoms with van der Waals surface area (Å²) in [4.78, 5) is 24.1. The quantitative estimate of drug-likeness (QED) is 0.454. The Morgan fingerprint density at radius 2 is 1.82 bits per heavy atom. The van der Waals surface area contributed by atoms with E-state index in [0.717, 1.165) is 34.1 Å². The highest BCUT2D eigenvalue weighted by molar-refractivity contribution is 7.90. The summed E-state index contributed by atoms with van der Waals surface area (Å²) in [5, 5.41) is 3.72. The van der Waals surface area contributed by atoms with Crippen LogP contribution in [0.4, 0.5) is 5.69 Å². The fourth-order valence-corrected chi connectivity index (χ4v) is 4.67. The first-order valence-electron chi connectivity index (χ1n) is 10.7. The van der Waals surface area contributed by atoms with Gasteiger partial charge in [0, 0.05) is 48.7 Å². The summed E-state index contributed by atoms with van der Waals surface area (Å²) < 4.78 is 23.9. The second-order valence-electron chi connectivity index (χ2n) is 8.44. The normalized spacial score (nSPS) is 11.4. The smallest absolute Gasteiger partial charge is 0.251 e. The Morgan fingerprint density at radius 1 is 1.03 bits per heavy atom. The molecular formula is C26H26N4O3S. The van der Waals surface area contributed by atoms with Gasteiger partial charge in [0.25, 0.3) is 5.91 Å². The van der Waals surface area contributed by atoms with E-state index in [1.807, 2.05) is 55.4 Å². The Labute approximate surface area is 199 Å². The van der Waals surface area contributed by atoms with E-state index in [0.29, 0.717) is 11.3 Å². The van der Waals surface area contributed by atoms with Crippen molar-refractivity contribution < 1.29 is 13.2 Å². The number of hydrogen-bond acceptors (Lipinski definition) is 6. The summed E-state index contributed by atoms with van der Waals surface area (Å²) in [5.74, 6) is -0.367. The van der Waals surface area contributed by atoms with Crippen LogP contribution in [0, 0.1) is 6.92 Å². The molecule has 0 aliphatic heterocycles. The fraction of sp³-hybridized carbons (Fsp3) is 0.192.